The fourth-order valence-corrected chi connectivity index (χ4v) is 2.79. The van der Waals surface area contributed by atoms with Crippen LogP contribution in [0, 0.1) is 0 Å². The molecule has 0 atom stereocenters. The molecule has 1 N–H and O–H groups in total. The molecule has 2 rings (SSSR count). The molecule has 0 bridgehead atoms. The van der Waals surface area contributed by atoms with Crippen LogP contribution in [0.15, 0.2) is 12.1 Å². The number of hydrogen-bond donors (Lipinski definition) is 1. The van der Waals surface area contributed by atoms with Crippen molar-refractivity contribution in [2.24, 2.45) is 0 Å². The Balaban J connectivity index is 2.29. The van der Waals surface area contributed by atoms with E-state index in [9.17, 15) is 0 Å². The van der Waals surface area contributed by atoms with E-state index < -0.39 is 0 Å². The minimum Gasteiger partial charge on any atom is -0.357 e. The molecule has 0 aliphatic carbocycles. The Hall–Kier alpha value is -1.09. The van der Waals surface area contributed by atoms with Gasteiger partial charge in [-0.3, -0.25) is 0 Å². The predicted molar refractivity (Wildman–Crippen MR) is 91.0 cm³/mol. The molecule has 1 saturated heterocycles. The highest BCUT2D eigenvalue weighted by atomic mass is 15.2. The molecule has 118 valence electrons. The zero-order chi connectivity index (χ0) is 15.3. The summed E-state index contributed by atoms with van der Waals surface area (Å²) in [5.74, 6) is 1.18. The summed E-state index contributed by atoms with van der Waals surface area (Å²) >= 11 is 0. The molecule has 0 spiro atoms. The summed E-state index contributed by atoms with van der Waals surface area (Å²) in [5.41, 5.74) is 2.66. The van der Waals surface area contributed by atoms with Crippen molar-refractivity contribution in [3.05, 3.63) is 23.4 Å². The summed E-state index contributed by atoms with van der Waals surface area (Å²) in [6, 6.07) is 4.55. The van der Waals surface area contributed by atoms with Crippen molar-refractivity contribution >= 4 is 5.82 Å². The summed E-state index contributed by atoms with van der Waals surface area (Å²) in [6.07, 6.45) is 5.31. The van der Waals surface area contributed by atoms with Crippen molar-refractivity contribution in [2.45, 2.75) is 65.3 Å². The zero-order valence-corrected chi connectivity index (χ0v) is 14.2. The number of aromatic nitrogens is 1. The van der Waals surface area contributed by atoms with Crippen molar-refractivity contribution in [1.82, 2.24) is 10.3 Å². The molecule has 1 aromatic heterocycles. The van der Waals surface area contributed by atoms with E-state index in [-0.39, 0.29) is 5.41 Å². The SMILES string of the molecule is CCNCc1cc(N2CCCCCC2)nc(C(C)(C)C)c1. The topological polar surface area (TPSA) is 28.2 Å². The lowest BCUT2D eigenvalue weighted by Crippen LogP contribution is -2.27. The van der Waals surface area contributed by atoms with Crippen LogP contribution in [-0.2, 0) is 12.0 Å². The van der Waals surface area contributed by atoms with Gasteiger partial charge in [-0.25, -0.2) is 4.98 Å². The molecule has 1 fully saturated rings. The van der Waals surface area contributed by atoms with Gasteiger partial charge in [-0.05, 0) is 37.1 Å². The molecule has 2 heterocycles. The van der Waals surface area contributed by atoms with E-state index in [1.165, 1.54) is 42.8 Å². The Morgan fingerprint density at radius 3 is 2.33 bits per heavy atom. The molecule has 0 amide bonds. The van der Waals surface area contributed by atoms with Crippen LogP contribution in [0.1, 0.15) is 64.6 Å². The number of anilines is 1. The fourth-order valence-electron chi connectivity index (χ4n) is 2.79. The van der Waals surface area contributed by atoms with E-state index in [2.05, 4.69) is 50.0 Å². The number of hydrogen-bond acceptors (Lipinski definition) is 3. The Bertz CT molecular complexity index is 440. The van der Waals surface area contributed by atoms with Crippen molar-refractivity contribution in [1.29, 1.82) is 0 Å². The molecule has 0 unspecified atom stereocenters. The largest absolute Gasteiger partial charge is 0.357 e. The Kier molecular flexibility index (Phi) is 5.63. The Morgan fingerprint density at radius 1 is 1.10 bits per heavy atom. The van der Waals surface area contributed by atoms with Gasteiger partial charge in [-0.1, -0.05) is 40.5 Å². The van der Waals surface area contributed by atoms with Crippen LogP contribution >= 0.6 is 0 Å². The second-order valence-corrected chi connectivity index (χ2v) is 7.15. The molecule has 1 aliphatic rings. The van der Waals surface area contributed by atoms with Gasteiger partial charge in [0.1, 0.15) is 5.82 Å². The maximum Gasteiger partial charge on any atom is 0.129 e. The number of pyridine rings is 1. The van der Waals surface area contributed by atoms with Crippen molar-refractivity contribution in [3.8, 4) is 0 Å². The van der Waals surface area contributed by atoms with Gasteiger partial charge < -0.3 is 10.2 Å². The average molecular weight is 289 g/mol. The normalized spacial score (nSPS) is 16.9. The average Bonchev–Trinajstić information content (AvgIpc) is 2.73. The lowest BCUT2D eigenvalue weighted by Gasteiger charge is -2.26. The van der Waals surface area contributed by atoms with Crippen LogP contribution < -0.4 is 10.2 Å². The number of rotatable bonds is 4. The summed E-state index contributed by atoms with van der Waals surface area (Å²) in [6.45, 7) is 13.1. The first-order valence-corrected chi connectivity index (χ1v) is 8.48. The van der Waals surface area contributed by atoms with Gasteiger partial charge in [0.05, 0.1) is 0 Å². The van der Waals surface area contributed by atoms with Crippen LogP contribution in [0.4, 0.5) is 5.82 Å². The van der Waals surface area contributed by atoms with Gasteiger partial charge in [0.2, 0.25) is 0 Å². The van der Waals surface area contributed by atoms with E-state index >= 15 is 0 Å². The van der Waals surface area contributed by atoms with Gasteiger partial charge in [-0.2, -0.15) is 0 Å². The van der Waals surface area contributed by atoms with Gasteiger partial charge in [0.15, 0.2) is 0 Å². The third-order valence-electron chi connectivity index (χ3n) is 4.15. The molecule has 0 radical (unpaired) electrons. The minimum absolute atomic E-state index is 0.100. The molecule has 3 nitrogen and oxygen atoms in total. The molecule has 1 aromatic rings. The second-order valence-electron chi connectivity index (χ2n) is 7.15. The molecule has 1 aliphatic heterocycles. The van der Waals surface area contributed by atoms with Gasteiger partial charge in [0.25, 0.3) is 0 Å². The van der Waals surface area contributed by atoms with Gasteiger partial charge in [0, 0.05) is 30.7 Å². The third-order valence-corrected chi connectivity index (χ3v) is 4.15. The minimum atomic E-state index is 0.100. The maximum atomic E-state index is 4.98. The fraction of sp³-hybridized carbons (Fsp3) is 0.722. The first kappa shape index (κ1) is 16.3. The van der Waals surface area contributed by atoms with E-state index in [1.54, 1.807) is 0 Å². The van der Waals surface area contributed by atoms with E-state index in [0.717, 1.165) is 26.2 Å². The van der Waals surface area contributed by atoms with E-state index in [0.29, 0.717) is 0 Å². The van der Waals surface area contributed by atoms with Gasteiger partial charge in [-0.15, -0.1) is 0 Å². The van der Waals surface area contributed by atoms with Crippen LogP contribution in [0.3, 0.4) is 0 Å². The lowest BCUT2D eigenvalue weighted by molar-refractivity contribution is 0.565. The smallest absolute Gasteiger partial charge is 0.129 e. The number of nitrogens with one attached hydrogen (secondary N) is 1. The predicted octanol–water partition coefficient (Wildman–Crippen LogP) is 3.87. The van der Waals surface area contributed by atoms with Crippen LogP contribution in [-0.4, -0.2) is 24.6 Å². The van der Waals surface area contributed by atoms with Crippen molar-refractivity contribution in [2.75, 3.05) is 24.5 Å². The highest BCUT2D eigenvalue weighted by molar-refractivity contribution is 5.44. The monoisotopic (exact) mass is 289 g/mol. The molecule has 21 heavy (non-hydrogen) atoms. The summed E-state index contributed by atoms with van der Waals surface area (Å²) in [4.78, 5) is 7.46. The summed E-state index contributed by atoms with van der Waals surface area (Å²) in [5, 5.41) is 3.44. The first-order chi connectivity index (χ1) is 10.0. The highest BCUT2D eigenvalue weighted by Crippen LogP contribution is 2.26. The van der Waals surface area contributed by atoms with Gasteiger partial charge >= 0.3 is 0 Å². The van der Waals surface area contributed by atoms with Crippen LogP contribution in [0.5, 0.6) is 0 Å². The quantitative estimate of drug-likeness (QED) is 0.912. The molecular formula is C18H31N3. The van der Waals surface area contributed by atoms with E-state index in [1.807, 2.05) is 0 Å². The third kappa shape index (κ3) is 4.70. The van der Waals surface area contributed by atoms with E-state index in [4.69, 9.17) is 4.98 Å². The Labute approximate surface area is 130 Å². The summed E-state index contributed by atoms with van der Waals surface area (Å²) in [7, 11) is 0. The van der Waals surface area contributed by atoms with Crippen molar-refractivity contribution < 1.29 is 0 Å². The molecule has 0 saturated carbocycles. The Morgan fingerprint density at radius 2 is 1.76 bits per heavy atom. The van der Waals surface area contributed by atoms with Crippen LogP contribution in [0.2, 0.25) is 0 Å². The molecule has 3 heteroatoms. The maximum absolute atomic E-state index is 4.98. The first-order valence-electron chi connectivity index (χ1n) is 8.48. The standard InChI is InChI=1S/C18H31N3/c1-5-19-14-15-12-16(18(2,3)4)20-17(13-15)21-10-8-6-7-9-11-21/h12-13,19H,5-11,14H2,1-4H3. The molecular weight excluding hydrogens is 258 g/mol. The number of nitrogens with zero attached hydrogens (tertiary/aromatic N) is 2. The summed E-state index contributed by atoms with van der Waals surface area (Å²) < 4.78 is 0. The van der Waals surface area contributed by atoms with Crippen LogP contribution in [0.25, 0.3) is 0 Å². The highest BCUT2D eigenvalue weighted by Gasteiger charge is 2.19. The molecule has 0 aromatic carbocycles. The zero-order valence-electron chi connectivity index (χ0n) is 14.2. The lowest BCUT2D eigenvalue weighted by atomic mass is 9.90. The van der Waals surface area contributed by atoms with Crippen molar-refractivity contribution in [3.63, 3.8) is 0 Å². The second kappa shape index (κ2) is 7.26.